The molecule has 0 aliphatic heterocycles. The molecule has 1 aromatic carbocycles. The van der Waals surface area contributed by atoms with Gasteiger partial charge in [-0.25, -0.2) is 9.67 Å². The second kappa shape index (κ2) is 5.30. The zero-order valence-electron chi connectivity index (χ0n) is 9.86. The topological polar surface area (TPSA) is 50.9 Å². The van der Waals surface area contributed by atoms with E-state index < -0.39 is 5.60 Å². The summed E-state index contributed by atoms with van der Waals surface area (Å²) in [5, 5.41) is 15.2. The zero-order valence-corrected chi connectivity index (χ0v) is 11.5. The van der Waals surface area contributed by atoms with Gasteiger partial charge in [0, 0.05) is 10.3 Å². The van der Waals surface area contributed by atoms with Crippen molar-refractivity contribution in [2.24, 2.45) is 0 Å². The van der Waals surface area contributed by atoms with Crippen LogP contribution in [0.25, 0.3) is 0 Å². The number of nitrogens with zero attached hydrogens (tertiary/aromatic N) is 3. The Morgan fingerprint density at radius 1 is 1.44 bits per heavy atom. The summed E-state index contributed by atoms with van der Waals surface area (Å²) in [6.45, 7) is 2.13. The Labute approximate surface area is 116 Å². The molecule has 1 heterocycles. The molecule has 0 spiro atoms. The molecule has 0 radical (unpaired) electrons. The molecule has 0 saturated carbocycles. The van der Waals surface area contributed by atoms with E-state index in [1.807, 2.05) is 6.92 Å². The van der Waals surface area contributed by atoms with Crippen molar-refractivity contribution < 1.29 is 5.11 Å². The Hall–Kier alpha value is -1.04. The van der Waals surface area contributed by atoms with Crippen molar-refractivity contribution in [2.75, 3.05) is 0 Å². The standard InChI is InChI=1S/C12H14ClN3OS/c1-9(18)12(17,6-16-8-14-7-15-16)10-2-4-11(13)5-3-10/h2-5,7-9,17-18H,6H2,1H3. The monoisotopic (exact) mass is 283 g/mol. The number of aliphatic hydroxyl groups is 1. The lowest BCUT2D eigenvalue weighted by molar-refractivity contribution is 0.0172. The van der Waals surface area contributed by atoms with Gasteiger partial charge in [0.15, 0.2) is 0 Å². The van der Waals surface area contributed by atoms with Gasteiger partial charge in [0.25, 0.3) is 0 Å². The average molecular weight is 284 g/mol. The Kier molecular flexibility index (Phi) is 3.94. The highest BCUT2D eigenvalue weighted by Crippen LogP contribution is 2.30. The normalized spacial score (nSPS) is 16.2. The molecule has 6 heteroatoms. The molecular formula is C12H14ClN3OS. The summed E-state index contributed by atoms with van der Waals surface area (Å²) in [5.74, 6) is 0. The first-order valence-corrected chi connectivity index (χ1v) is 6.41. The van der Waals surface area contributed by atoms with Gasteiger partial charge in [-0.15, -0.1) is 0 Å². The van der Waals surface area contributed by atoms with Crippen molar-refractivity contribution >= 4 is 24.2 Å². The summed E-state index contributed by atoms with van der Waals surface area (Å²) in [6, 6.07) is 7.09. The lowest BCUT2D eigenvalue weighted by Crippen LogP contribution is -2.39. The Balaban J connectivity index is 2.34. The minimum Gasteiger partial charge on any atom is -0.382 e. The van der Waals surface area contributed by atoms with E-state index in [0.717, 1.165) is 5.56 Å². The van der Waals surface area contributed by atoms with Crippen LogP contribution in [0.1, 0.15) is 12.5 Å². The van der Waals surface area contributed by atoms with Crippen LogP contribution in [0.3, 0.4) is 0 Å². The van der Waals surface area contributed by atoms with Gasteiger partial charge >= 0.3 is 0 Å². The van der Waals surface area contributed by atoms with Crippen LogP contribution in [0.15, 0.2) is 36.9 Å². The Morgan fingerprint density at radius 2 is 2.11 bits per heavy atom. The first kappa shape index (κ1) is 13.4. The molecule has 2 aromatic rings. The molecule has 1 N–H and O–H groups in total. The summed E-state index contributed by atoms with van der Waals surface area (Å²) in [6.07, 6.45) is 3.00. The molecule has 0 fully saturated rings. The van der Waals surface area contributed by atoms with E-state index in [2.05, 4.69) is 22.7 Å². The van der Waals surface area contributed by atoms with E-state index in [1.54, 1.807) is 35.3 Å². The van der Waals surface area contributed by atoms with Gasteiger partial charge in [0.2, 0.25) is 0 Å². The molecule has 2 atom stereocenters. The third-order valence-electron chi connectivity index (χ3n) is 2.90. The molecule has 2 rings (SSSR count). The van der Waals surface area contributed by atoms with Crippen molar-refractivity contribution in [1.29, 1.82) is 0 Å². The zero-order chi connectivity index (χ0) is 13.2. The van der Waals surface area contributed by atoms with E-state index >= 15 is 0 Å². The van der Waals surface area contributed by atoms with Crippen LogP contribution in [0.2, 0.25) is 5.02 Å². The third kappa shape index (κ3) is 2.68. The van der Waals surface area contributed by atoms with E-state index in [0.29, 0.717) is 11.6 Å². The van der Waals surface area contributed by atoms with Gasteiger partial charge in [-0.3, -0.25) is 0 Å². The van der Waals surface area contributed by atoms with Crippen LogP contribution >= 0.6 is 24.2 Å². The second-order valence-electron chi connectivity index (χ2n) is 4.20. The molecule has 96 valence electrons. The van der Waals surface area contributed by atoms with Crippen LogP contribution in [-0.2, 0) is 12.1 Å². The lowest BCUT2D eigenvalue weighted by Gasteiger charge is -2.31. The van der Waals surface area contributed by atoms with E-state index in [1.165, 1.54) is 6.33 Å². The fraction of sp³-hybridized carbons (Fsp3) is 0.333. The number of thiol groups is 1. The molecule has 0 bridgehead atoms. The molecule has 4 nitrogen and oxygen atoms in total. The van der Waals surface area contributed by atoms with Gasteiger partial charge in [0.05, 0.1) is 6.54 Å². The Morgan fingerprint density at radius 3 is 2.61 bits per heavy atom. The van der Waals surface area contributed by atoms with Crippen molar-refractivity contribution in [3.8, 4) is 0 Å². The summed E-state index contributed by atoms with van der Waals surface area (Å²) in [4.78, 5) is 3.87. The van der Waals surface area contributed by atoms with Gasteiger partial charge in [-0.1, -0.05) is 30.7 Å². The fourth-order valence-corrected chi connectivity index (χ4v) is 2.12. The van der Waals surface area contributed by atoms with Gasteiger partial charge in [-0.05, 0) is 17.7 Å². The molecule has 0 aliphatic carbocycles. The maximum Gasteiger partial charge on any atom is 0.137 e. The van der Waals surface area contributed by atoms with Crippen molar-refractivity contribution in [3.63, 3.8) is 0 Å². The van der Waals surface area contributed by atoms with Gasteiger partial charge in [0.1, 0.15) is 18.3 Å². The number of rotatable bonds is 4. The minimum absolute atomic E-state index is 0.261. The highest BCUT2D eigenvalue weighted by atomic mass is 35.5. The molecular weight excluding hydrogens is 270 g/mol. The maximum absolute atomic E-state index is 10.8. The molecule has 18 heavy (non-hydrogen) atoms. The number of aromatic nitrogens is 3. The first-order chi connectivity index (χ1) is 8.52. The van der Waals surface area contributed by atoms with Crippen LogP contribution in [0.5, 0.6) is 0 Å². The van der Waals surface area contributed by atoms with Crippen LogP contribution in [-0.4, -0.2) is 25.1 Å². The van der Waals surface area contributed by atoms with Crippen molar-refractivity contribution in [2.45, 2.75) is 24.3 Å². The summed E-state index contributed by atoms with van der Waals surface area (Å²) in [7, 11) is 0. The molecule has 1 aromatic heterocycles. The van der Waals surface area contributed by atoms with E-state index in [-0.39, 0.29) is 5.25 Å². The van der Waals surface area contributed by atoms with Gasteiger partial charge < -0.3 is 5.11 Å². The van der Waals surface area contributed by atoms with Crippen molar-refractivity contribution in [1.82, 2.24) is 14.8 Å². The predicted octanol–water partition coefficient (Wildman–Crippen LogP) is 2.14. The smallest absolute Gasteiger partial charge is 0.137 e. The fourth-order valence-electron chi connectivity index (χ4n) is 1.76. The average Bonchev–Trinajstić information content (AvgIpc) is 2.82. The second-order valence-corrected chi connectivity index (χ2v) is 5.41. The largest absolute Gasteiger partial charge is 0.382 e. The van der Waals surface area contributed by atoms with E-state index in [4.69, 9.17) is 11.6 Å². The maximum atomic E-state index is 10.8. The minimum atomic E-state index is -1.12. The quantitative estimate of drug-likeness (QED) is 0.845. The number of hydrogen-bond donors (Lipinski definition) is 2. The predicted molar refractivity (Wildman–Crippen MR) is 73.8 cm³/mol. The number of benzene rings is 1. The molecule has 0 saturated heterocycles. The highest BCUT2D eigenvalue weighted by molar-refractivity contribution is 7.81. The molecule has 2 unspecified atom stereocenters. The van der Waals surface area contributed by atoms with Crippen molar-refractivity contribution in [3.05, 3.63) is 47.5 Å². The molecule has 0 amide bonds. The van der Waals surface area contributed by atoms with Crippen LogP contribution in [0.4, 0.5) is 0 Å². The number of halogens is 1. The van der Waals surface area contributed by atoms with Crippen LogP contribution < -0.4 is 0 Å². The van der Waals surface area contributed by atoms with Gasteiger partial charge in [-0.2, -0.15) is 17.7 Å². The third-order valence-corrected chi connectivity index (χ3v) is 3.58. The number of hydrogen-bond acceptors (Lipinski definition) is 4. The lowest BCUT2D eigenvalue weighted by atomic mass is 9.90. The summed E-state index contributed by atoms with van der Waals surface area (Å²) in [5.41, 5.74) is -0.369. The van der Waals surface area contributed by atoms with E-state index in [9.17, 15) is 5.11 Å². The SMILES string of the molecule is CC(S)C(O)(Cn1cncn1)c1ccc(Cl)cc1. The highest BCUT2D eigenvalue weighted by Gasteiger charge is 2.34. The summed E-state index contributed by atoms with van der Waals surface area (Å²) < 4.78 is 1.58. The molecule has 0 aliphatic rings. The Bertz CT molecular complexity index is 501. The first-order valence-electron chi connectivity index (χ1n) is 5.51. The van der Waals surface area contributed by atoms with Crippen LogP contribution in [0, 0.1) is 0 Å². The summed E-state index contributed by atoms with van der Waals surface area (Å²) >= 11 is 10.2.